The van der Waals surface area contributed by atoms with E-state index in [-0.39, 0.29) is 10.2 Å². The molecule has 3 aliphatic rings. The Hall–Kier alpha value is -1.91. The summed E-state index contributed by atoms with van der Waals surface area (Å²) in [6, 6.07) is 3.25. The average molecular weight is 461 g/mol. The normalized spacial score (nSPS) is 23.2. The first-order valence-electron chi connectivity index (χ1n) is 11.1. The number of anilines is 1. The number of carbonyl (C=O) groups is 1. The fourth-order valence-corrected chi connectivity index (χ4v) is 7.51. The Labute approximate surface area is 193 Å². The molecule has 2 saturated heterocycles. The van der Waals surface area contributed by atoms with E-state index in [0.717, 1.165) is 64.9 Å². The van der Waals surface area contributed by atoms with Crippen molar-refractivity contribution in [3.05, 3.63) is 28.9 Å². The van der Waals surface area contributed by atoms with Crippen molar-refractivity contribution in [2.45, 2.75) is 44.3 Å². The SMILES string of the molecule is O=C(CCN1CC[C@@H]2NCC[C@@H]21)Nc1sc2c(c1-c1nc3cnccc3s1)CCNC2.[HH].[HH].[HH]. The van der Waals surface area contributed by atoms with Gasteiger partial charge in [-0.15, -0.1) is 22.7 Å². The summed E-state index contributed by atoms with van der Waals surface area (Å²) >= 11 is 3.38. The summed E-state index contributed by atoms with van der Waals surface area (Å²) in [5.41, 5.74) is 3.38. The van der Waals surface area contributed by atoms with Gasteiger partial charge in [-0.3, -0.25) is 14.7 Å². The molecule has 9 heteroatoms. The molecule has 3 aliphatic heterocycles. The summed E-state index contributed by atoms with van der Waals surface area (Å²) in [5, 5.41) is 12.2. The van der Waals surface area contributed by atoms with Crippen molar-refractivity contribution in [3.8, 4) is 10.6 Å². The van der Waals surface area contributed by atoms with Crippen LogP contribution >= 0.6 is 22.7 Å². The molecule has 0 spiro atoms. The number of amides is 1. The topological polar surface area (TPSA) is 82.2 Å². The summed E-state index contributed by atoms with van der Waals surface area (Å²) in [4.78, 5) is 25.8. The fraction of sp³-hybridized carbons (Fsp3) is 0.500. The standard InChI is InChI=1S/C22H26N6OS2.3H2/c29-19(5-10-28-9-4-14-16(28)2-8-25-14)27-22-20(13-1-6-24-12-18(13)31-22)21-26-15-11-23-7-3-17(15)30-21;;;/h3,7,11,14,16,24-25H,1-2,4-6,8-10,12H2,(H,27,29);3*1H/t14-,16-;;;/m0.../s1. The lowest BCUT2D eigenvalue weighted by Crippen LogP contribution is -2.36. The molecule has 1 amide bonds. The molecule has 31 heavy (non-hydrogen) atoms. The van der Waals surface area contributed by atoms with Crippen molar-refractivity contribution in [1.29, 1.82) is 0 Å². The van der Waals surface area contributed by atoms with Crippen LogP contribution in [-0.2, 0) is 17.8 Å². The number of thiophene rings is 1. The van der Waals surface area contributed by atoms with E-state index in [1.165, 1.54) is 23.3 Å². The summed E-state index contributed by atoms with van der Waals surface area (Å²) in [5.74, 6) is 0.102. The Balaban J connectivity index is 0.00000108. The summed E-state index contributed by atoms with van der Waals surface area (Å²) < 4.78 is 1.13. The second-order valence-electron chi connectivity index (χ2n) is 8.54. The number of fused-ring (bicyclic) bond motifs is 3. The maximum atomic E-state index is 12.9. The number of likely N-dealkylation sites (tertiary alicyclic amines) is 1. The Morgan fingerprint density at radius 2 is 2.29 bits per heavy atom. The molecule has 2 fully saturated rings. The zero-order chi connectivity index (χ0) is 20.8. The minimum atomic E-state index is 0. The van der Waals surface area contributed by atoms with Crippen LogP contribution < -0.4 is 16.0 Å². The molecule has 0 saturated carbocycles. The van der Waals surface area contributed by atoms with Gasteiger partial charge in [-0.1, -0.05) is 0 Å². The quantitative estimate of drug-likeness (QED) is 0.540. The highest BCUT2D eigenvalue weighted by Crippen LogP contribution is 2.44. The van der Waals surface area contributed by atoms with Crippen molar-refractivity contribution in [3.63, 3.8) is 0 Å². The van der Waals surface area contributed by atoms with Crippen LogP contribution in [0.25, 0.3) is 20.8 Å². The fourth-order valence-electron chi connectivity index (χ4n) is 5.20. The summed E-state index contributed by atoms with van der Waals surface area (Å²) in [7, 11) is 0. The second kappa shape index (κ2) is 8.22. The van der Waals surface area contributed by atoms with E-state index in [4.69, 9.17) is 4.98 Å². The Bertz CT molecular complexity index is 1110. The lowest BCUT2D eigenvalue weighted by atomic mass is 10.0. The van der Waals surface area contributed by atoms with Gasteiger partial charge in [0.2, 0.25) is 5.91 Å². The van der Waals surface area contributed by atoms with Gasteiger partial charge in [0.15, 0.2) is 0 Å². The van der Waals surface area contributed by atoms with Crippen LogP contribution in [0.5, 0.6) is 0 Å². The average Bonchev–Trinajstić information content (AvgIpc) is 3.53. The van der Waals surface area contributed by atoms with E-state index in [1.54, 1.807) is 22.7 Å². The monoisotopic (exact) mass is 460 g/mol. The zero-order valence-corrected chi connectivity index (χ0v) is 19.0. The molecule has 3 N–H and O–H groups in total. The maximum absolute atomic E-state index is 12.9. The van der Waals surface area contributed by atoms with E-state index >= 15 is 0 Å². The molecular formula is C22H32N6OS2. The number of rotatable bonds is 5. The van der Waals surface area contributed by atoms with E-state index < -0.39 is 0 Å². The Morgan fingerprint density at radius 1 is 1.32 bits per heavy atom. The molecule has 0 radical (unpaired) electrons. The number of thiazole rings is 1. The number of hydrogen-bond acceptors (Lipinski definition) is 8. The van der Waals surface area contributed by atoms with Gasteiger partial charge < -0.3 is 16.0 Å². The van der Waals surface area contributed by atoms with Gasteiger partial charge in [-0.25, -0.2) is 4.98 Å². The highest BCUT2D eigenvalue weighted by Gasteiger charge is 2.37. The predicted molar refractivity (Wildman–Crippen MR) is 132 cm³/mol. The molecular weight excluding hydrogens is 428 g/mol. The van der Waals surface area contributed by atoms with E-state index in [1.807, 2.05) is 18.5 Å². The lowest BCUT2D eigenvalue weighted by molar-refractivity contribution is -0.116. The molecule has 0 aromatic carbocycles. The number of nitrogens with zero attached hydrogens (tertiary/aromatic N) is 3. The number of pyridine rings is 1. The van der Waals surface area contributed by atoms with Crippen molar-refractivity contribution >= 4 is 43.8 Å². The first-order valence-corrected chi connectivity index (χ1v) is 12.7. The van der Waals surface area contributed by atoms with Crippen LogP contribution in [0.4, 0.5) is 5.00 Å². The van der Waals surface area contributed by atoms with Crippen molar-refractivity contribution in [2.24, 2.45) is 0 Å². The molecule has 6 rings (SSSR count). The van der Waals surface area contributed by atoms with Crippen LogP contribution in [0, 0.1) is 0 Å². The first kappa shape index (κ1) is 19.8. The summed E-state index contributed by atoms with van der Waals surface area (Å²) in [6.45, 7) is 4.86. The Morgan fingerprint density at radius 3 is 3.23 bits per heavy atom. The van der Waals surface area contributed by atoms with Gasteiger partial charge in [-0.2, -0.15) is 0 Å². The van der Waals surface area contributed by atoms with Crippen LogP contribution in [0.15, 0.2) is 18.5 Å². The summed E-state index contributed by atoms with van der Waals surface area (Å²) in [6.07, 6.45) is 7.53. The molecule has 7 nitrogen and oxygen atoms in total. The van der Waals surface area contributed by atoms with E-state index in [9.17, 15) is 4.79 Å². The van der Waals surface area contributed by atoms with Crippen molar-refractivity contribution in [2.75, 3.05) is 31.5 Å². The van der Waals surface area contributed by atoms with Gasteiger partial charge >= 0.3 is 0 Å². The van der Waals surface area contributed by atoms with E-state index in [0.29, 0.717) is 18.5 Å². The third-order valence-electron chi connectivity index (χ3n) is 6.72. The smallest absolute Gasteiger partial charge is 0.226 e. The highest BCUT2D eigenvalue weighted by atomic mass is 32.1. The minimum absolute atomic E-state index is 0. The first-order chi connectivity index (χ1) is 15.3. The molecule has 2 atom stereocenters. The van der Waals surface area contributed by atoms with Gasteiger partial charge in [0.1, 0.15) is 15.5 Å². The largest absolute Gasteiger partial charge is 0.317 e. The van der Waals surface area contributed by atoms with Crippen LogP contribution in [0.2, 0.25) is 0 Å². The minimum Gasteiger partial charge on any atom is -0.317 e. The van der Waals surface area contributed by atoms with Gasteiger partial charge in [0.05, 0.1) is 10.9 Å². The van der Waals surface area contributed by atoms with Crippen molar-refractivity contribution in [1.82, 2.24) is 25.5 Å². The number of hydrogen-bond donors (Lipinski definition) is 3. The molecule has 0 unspecified atom stereocenters. The van der Waals surface area contributed by atoms with Gasteiger partial charge in [-0.05, 0) is 44.0 Å². The van der Waals surface area contributed by atoms with Crippen LogP contribution in [-0.4, -0.2) is 59.0 Å². The third-order valence-corrected chi connectivity index (χ3v) is 8.92. The number of carbonyl (C=O) groups excluding carboxylic acids is 1. The van der Waals surface area contributed by atoms with Gasteiger partial charge in [0, 0.05) is 59.1 Å². The van der Waals surface area contributed by atoms with Crippen LogP contribution in [0.1, 0.15) is 34.0 Å². The molecule has 0 aliphatic carbocycles. The lowest BCUT2D eigenvalue weighted by Gasteiger charge is -2.22. The molecule has 6 heterocycles. The number of aromatic nitrogens is 2. The highest BCUT2D eigenvalue weighted by molar-refractivity contribution is 7.22. The van der Waals surface area contributed by atoms with Gasteiger partial charge in [0.25, 0.3) is 0 Å². The molecule has 168 valence electrons. The maximum Gasteiger partial charge on any atom is 0.226 e. The predicted octanol–water partition coefficient (Wildman–Crippen LogP) is 3.57. The second-order valence-corrected chi connectivity index (χ2v) is 10.7. The zero-order valence-electron chi connectivity index (χ0n) is 17.3. The van der Waals surface area contributed by atoms with Crippen LogP contribution in [0.3, 0.4) is 0 Å². The van der Waals surface area contributed by atoms with E-state index in [2.05, 4.69) is 25.8 Å². The number of nitrogens with one attached hydrogen (secondary N) is 3. The van der Waals surface area contributed by atoms with Crippen molar-refractivity contribution < 1.29 is 9.07 Å². The Kier molecular flexibility index (Phi) is 5.23. The molecule has 0 bridgehead atoms. The molecule has 3 aromatic rings. The molecule has 3 aromatic heterocycles. The third kappa shape index (κ3) is 3.68.